The maximum atomic E-state index is 9.04. The summed E-state index contributed by atoms with van der Waals surface area (Å²) < 4.78 is 4.25. The Morgan fingerprint density at radius 2 is 1.85 bits per heavy atom. The molecule has 0 fully saturated rings. The first-order valence-electron chi connectivity index (χ1n) is 3.61. The van der Waals surface area contributed by atoms with Gasteiger partial charge in [0.2, 0.25) is 0 Å². The smallest absolute Gasteiger partial charge is 0.124 e. The molecular formula is C9H13NO3. The molecule has 0 saturated carbocycles. The Morgan fingerprint density at radius 3 is 2.31 bits per heavy atom. The van der Waals surface area contributed by atoms with Crippen molar-refractivity contribution in [1.29, 1.82) is 0 Å². The highest BCUT2D eigenvalue weighted by Gasteiger charge is 1.92. The van der Waals surface area contributed by atoms with E-state index in [1.165, 1.54) is 12.3 Å². The van der Waals surface area contributed by atoms with Gasteiger partial charge in [-0.05, 0) is 12.1 Å². The number of phenols is 1. The van der Waals surface area contributed by atoms with Gasteiger partial charge < -0.3 is 15.1 Å². The molecule has 0 saturated heterocycles. The lowest BCUT2D eigenvalue weighted by molar-refractivity contribution is 0.277. The first-order valence-corrected chi connectivity index (χ1v) is 3.61. The molecule has 1 rings (SSSR count). The number of aromatic hydroxyl groups is 1. The highest BCUT2D eigenvalue weighted by Crippen LogP contribution is 2.12. The Kier molecular flexibility index (Phi) is 6.27. The molecule has 13 heavy (non-hydrogen) atoms. The SMILES string of the molecule is COC.ON=Cc1ccccc1O. The first kappa shape index (κ1) is 11.4. The van der Waals surface area contributed by atoms with Crippen molar-refractivity contribution in [1.82, 2.24) is 0 Å². The second kappa shape index (κ2) is 7.12. The maximum absolute atomic E-state index is 9.04. The largest absolute Gasteiger partial charge is 0.507 e. The van der Waals surface area contributed by atoms with Gasteiger partial charge in [-0.2, -0.15) is 0 Å². The van der Waals surface area contributed by atoms with Crippen LogP contribution in [0.4, 0.5) is 0 Å². The summed E-state index contributed by atoms with van der Waals surface area (Å²) in [6.45, 7) is 0. The van der Waals surface area contributed by atoms with Crippen LogP contribution < -0.4 is 0 Å². The minimum atomic E-state index is 0.111. The minimum absolute atomic E-state index is 0.111. The minimum Gasteiger partial charge on any atom is -0.507 e. The zero-order valence-corrected chi connectivity index (χ0v) is 7.64. The number of benzene rings is 1. The third-order valence-corrected chi connectivity index (χ3v) is 1.13. The van der Waals surface area contributed by atoms with Gasteiger partial charge in [0.25, 0.3) is 0 Å². The van der Waals surface area contributed by atoms with Crippen molar-refractivity contribution < 1.29 is 15.1 Å². The number of ether oxygens (including phenoxy) is 1. The lowest BCUT2D eigenvalue weighted by Crippen LogP contribution is -1.79. The molecule has 0 aliphatic carbocycles. The summed E-state index contributed by atoms with van der Waals surface area (Å²) in [6.07, 6.45) is 1.18. The quantitative estimate of drug-likeness (QED) is 0.393. The summed E-state index contributed by atoms with van der Waals surface area (Å²) in [4.78, 5) is 0. The van der Waals surface area contributed by atoms with Gasteiger partial charge in [-0.3, -0.25) is 0 Å². The van der Waals surface area contributed by atoms with E-state index in [4.69, 9.17) is 10.3 Å². The van der Waals surface area contributed by atoms with Crippen molar-refractivity contribution in [3.8, 4) is 5.75 Å². The van der Waals surface area contributed by atoms with Crippen LogP contribution in [0, 0.1) is 0 Å². The lowest BCUT2D eigenvalue weighted by atomic mass is 10.2. The standard InChI is InChI=1S/C7H7NO2.C2H6O/c9-7-4-2-1-3-6(7)5-8-10;1-3-2/h1-5,9-10H;1-2H3. The van der Waals surface area contributed by atoms with Gasteiger partial charge >= 0.3 is 0 Å². The molecule has 0 unspecified atom stereocenters. The highest BCUT2D eigenvalue weighted by molar-refractivity contribution is 5.82. The number of methoxy groups -OCH3 is 1. The van der Waals surface area contributed by atoms with E-state index in [-0.39, 0.29) is 5.75 Å². The van der Waals surface area contributed by atoms with Crippen LogP contribution in [0.2, 0.25) is 0 Å². The first-order chi connectivity index (χ1) is 6.26. The summed E-state index contributed by atoms with van der Waals surface area (Å²) in [5.41, 5.74) is 0.505. The fraction of sp³-hybridized carbons (Fsp3) is 0.222. The number of oxime groups is 1. The number of hydrogen-bond donors (Lipinski definition) is 2. The number of para-hydroxylation sites is 1. The van der Waals surface area contributed by atoms with Gasteiger partial charge in [0.1, 0.15) is 5.75 Å². The average molecular weight is 183 g/mol. The van der Waals surface area contributed by atoms with Crippen molar-refractivity contribution in [2.75, 3.05) is 14.2 Å². The number of rotatable bonds is 1. The molecule has 0 amide bonds. The van der Waals surface area contributed by atoms with Crippen LogP contribution in [0.15, 0.2) is 29.4 Å². The maximum Gasteiger partial charge on any atom is 0.124 e. The van der Waals surface area contributed by atoms with Crippen LogP contribution in [0.5, 0.6) is 5.75 Å². The Morgan fingerprint density at radius 1 is 1.31 bits per heavy atom. The normalized spacial score (nSPS) is 9.38. The molecule has 72 valence electrons. The molecular weight excluding hydrogens is 170 g/mol. The molecule has 0 aliphatic heterocycles. The summed E-state index contributed by atoms with van der Waals surface area (Å²) in [6, 6.07) is 6.62. The molecule has 0 atom stereocenters. The van der Waals surface area contributed by atoms with E-state index in [2.05, 4.69) is 9.89 Å². The van der Waals surface area contributed by atoms with E-state index in [1.54, 1.807) is 32.4 Å². The number of nitrogens with zero attached hydrogens (tertiary/aromatic N) is 1. The van der Waals surface area contributed by atoms with Crippen LogP contribution in [0.1, 0.15) is 5.56 Å². The predicted octanol–water partition coefficient (Wildman–Crippen LogP) is 1.46. The van der Waals surface area contributed by atoms with E-state index in [9.17, 15) is 0 Å². The van der Waals surface area contributed by atoms with Crippen molar-refractivity contribution >= 4 is 6.21 Å². The summed E-state index contributed by atoms with van der Waals surface area (Å²) in [5, 5.41) is 19.9. The monoisotopic (exact) mass is 183 g/mol. The zero-order valence-electron chi connectivity index (χ0n) is 7.64. The van der Waals surface area contributed by atoms with Crippen molar-refractivity contribution in [3.05, 3.63) is 29.8 Å². The molecule has 4 heteroatoms. The molecule has 0 bridgehead atoms. The van der Waals surface area contributed by atoms with E-state index in [1.807, 2.05) is 0 Å². The van der Waals surface area contributed by atoms with E-state index in [0.29, 0.717) is 5.56 Å². The van der Waals surface area contributed by atoms with Gasteiger partial charge in [-0.15, -0.1) is 0 Å². The Labute approximate surface area is 77.1 Å². The van der Waals surface area contributed by atoms with Crippen molar-refractivity contribution in [2.45, 2.75) is 0 Å². The Hall–Kier alpha value is -1.55. The van der Waals surface area contributed by atoms with Crippen molar-refractivity contribution in [3.63, 3.8) is 0 Å². The van der Waals surface area contributed by atoms with Crippen LogP contribution in [-0.2, 0) is 4.74 Å². The number of hydrogen-bond acceptors (Lipinski definition) is 4. The molecule has 0 spiro atoms. The van der Waals surface area contributed by atoms with Crippen LogP contribution >= 0.6 is 0 Å². The van der Waals surface area contributed by atoms with E-state index >= 15 is 0 Å². The molecule has 0 aromatic heterocycles. The summed E-state index contributed by atoms with van der Waals surface area (Å²) in [5.74, 6) is 0.111. The topological polar surface area (TPSA) is 62.0 Å². The molecule has 1 aromatic rings. The molecule has 0 aliphatic rings. The fourth-order valence-electron chi connectivity index (χ4n) is 0.659. The van der Waals surface area contributed by atoms with Gasteiger partial charge in [-0.25, -0.2) is 0 Å². The predicted molar refractivity (Wildman–Crippen MR) is 50.4 cm³/mol. The average Bonchev–Trinajstić information content (AvgIpc) is 2.11. The van der Waals surface area contributed by atoms with Crippen LogP contribution in [-0.4, -0.2) is 30.7 Å². The van der Waals surface area contributed by atoms with Crippen molar-refractivity contribution in [2.24, 2.45) is 5.16 Å². The van der Waals surface area contributed by atoms with Crippen LogP contribution in [0.25, 0.3) is 0 Å². The number of phenolic OH excluding ortho intramolecular Hbond substituents is 1. The lowest BCUT2D eigenvalue weighted by Gasteiger charge is -1.93. The third kappa shape index (κ3) is 4.81. The third-order valence-electron chi connectivity index (χ3n) is 1.13. The summed E-state index contributed by atoms with van der Waals surface area (Å²) in [7, 11) is 3.25. The van der Waals surface area contributed by atoms with E-state index in [0.717, 1.165) is 0 Å². The molecule has 2 N–H and O–H groups in total. The second-order valence-electron chi connectivity index (χ2n) is 2.21. The second-order valence-corrected chi connectivity index (χ2v) is 2.21. The van der Waals surface area contributed by atoms with Gasteiger partial charge in [0.05, 0.1) is 6.21 Å². The fourth-order valence-corrected chi connectivity index (χ4v) is 0.659. The Balaban J connectivity index is 0.000000424. The van der Waals surface area contributed by atoms with E-state index < -0.39 is 0 Å². The van der Waals surface area contributed by atoms with Crippen LogP contribution in [0.3, 0.4) is 0 Å². The molecule has 4 nitrogen and oxygen atoms in total. The zero-order chi connectivity index (χ0) is 10.1. The van der Waals surface area contributed by atoms with Gasteiger partial charge in [0, 0.05) is 19.8 Å². The summed E-state index contributed by atoms with van der Waals surface area (Å²) >= 11 is 0. The highest BCUT2D eigenvalue weighted by atomic mass is 16.4. The Bertz CT molecular complexity index is 261. The molecule has 0 heterocycles. The van der Waals surface area contributed by atoms with Gasteiger partial charge in [0.15, 0.2) is 0 Å². The van der Waals surface area contributed by atoms with Gasteiger partial charge in [-0.1, -0.05) is 17.3 Å². The molecule has 0 radical (unpaired) electrons. The molecule has 1 aromatic carbocycles.